The molecule has 1 N–H and O–H groups in total. The number of aliphatic carboxylic acids is 1. The Labute approximate surface area is 235 Å². The summed E-state index contributed by atoms with van der Waals surface area (Å²) in [6.07, 6.45) is 55.1. The highest BCUT2D eigenvalue weighted by Gasteiger charge is 1.96. The topological polar surface area (TPSA) is 37.3 Å². The quantitative estimate of drug-likeness (QED) is 0.0909. The molecule has 0 saturated carbocycles. The maximum Gasteiger partial charge on any atom is 0.303 e. The third-order valence-electron chi connectivity index (χ3n) is 5.99. The summed E-state index contributed by atoms with van der Waals surface area (Å²) in [7, 11) is 0. The summed E-state index contributed by atoms with van der Waals surface area (Å²) >= 11 is 0. The number of allylic oxidation sites excluding steroid dienone is 16. The van der Waals surface area contributed by atoms with Crippen LogP contribution in [-0.4, -0.2) is 11.1 Å². The van der Waals surface area contributed by atoms with Gasteiger partial charge in [-0.2, -0.15) is 0 Å². The Balaban J connectivity index is 3.47. The SMILES string of the molecule is CC/C=C\C/C=C\C/C=C\C/C=C\C/C=C\C/C=C\C/C=C\C/C=C\CCCCCCCCCCC(=O)O. The molecule has 0 radical (unpaired) electrons. The van der Waals surface area contributed by atoms with Gasteiger partial charge in [-0.15, -0.1) is 0 Å². The first-order valence-corrected chi connectivity index (χ1v) is 15.2. The largest absolute Gasteiger partial charge is 0.481 e. The summed E-state index contributed by atoms with van der Waals surface area (Å²) in [5.74, 6) is -0.668. The van der Waals surface area contributed by atoms with Crippen LogP contribution in [0, 0.1) is 0 Å². The average molecular weight is 521 g/mol. The smallest absolute Gasteiger partial charge is 0.303 e. The van der Waals surface area contributed by atoms with E-state index in [1.54, 1.807) is 0 Å². The molecule has 0 atom stereocenters. The summed E-state index contributed by atoms with van der Waals surface area (Å²) < 4.78 is 0. The van der Waals surface area contributed by atoms with Gasteiger partial charge in [0, 0.05) is 6.42 Å². The minimum Gasteiger partial charge on any atom is -0.481 e. The molecule has 0 aliphatic carbocycles. The standard InChI is InChI=1S/C36H56O2/c1-2-3-4-5-6-7-8-9-10-11-12-13-14-15-16-17-18-19-20-21-22-23-24-25-26-27-28-29-30-31-32-33-34-35-36(37)38/h3-4,6-7,9-10,12-13,15-16,18-19,21-22,24-25H,2,5,8,11,14,17,20,23,26-35H2,1H3,(H,37,38)/b4-3-,7-6-,10-9-,13-12-,16-15-,19-18-,22-21-,25-24-. The molecule has 0 aliphatic rings. The fourth-order valence-corrected chi connectivity index (χ4v) is 3.78. The van der Waals surface area contributed by atoms with Crippen molar-refractivity contribution in [3.63, 3.8) is 0 Å². The Morgan fingerprint density at radius 2 is 0.711 bits per heavy atom. The van der Waals surface area contributed by atoms with Gasteiger partial charge in [0.2, 0.25) is 0 Å². The second-order valence-electron chi connectivity index (χ2n) is 9.59. The normalized spacial score (nSPS) is 13.1. The van der Waals surface area contributed by atoms with Crippen LogP contribution in [-0.2, 0) is 4.79 Å². The molecule has 0 aromatic heterocycles. The number of carboxylic acids is 1. The van der Waals surface area contributed by atoms with E-state index >= 15 is 0 Å². The molecule has 2 heteroatoms. The van der Waals surface area contributed by atoms with E-state index in [4.69, 9.17) is 5.11 Å². The molecule has 0 amide bonds. The summed E-state index contributed by atoms with van der Waals surface area (Å²) in [4.78, 5) is 10.5. The Kier molecular flexibility index (Phi) is 30.2. The minimum atomic E-state index is -0.668. The van der Waals surface area contributed by atoms with Gasteiger partial charge in [0.1, 0.15) is 0 Å². The molecule has 0 aromatic rings. The summed E-state index contributed by atoms with van der Waals surface area (Å²) in [5.41, 5.74) is 0. The van der Waals surface area contributed by atoms with Gasteiger partial charge in [-0.05, 0) is 70.6 Å². The van der Waals surface area contributed by atoms with E-state index in [-0.39, 0.29) is 0 Å². The molecular weight excluding hydrogens is 464 g/mol. The van der Waals surface area contributed by atoms with E-state index in [0.29, 0.717) is 6.42 Å². The van der Waals surface area contributed by atoms with Crippen molar-refractivity contribution in [2.75, 3.05) is 0 Å². The van der Waals surface area contributed by atoms with Gasteiger partial charge in [-0.25, -0.2) is 0 Å². The van der Waals surface area contributed by atoms with Crippen molar-refractivity contribution >= 4 is 5.97 Å². The maximum atomic E-state index is 10.5. The lowest BCUT2D eigenvalue weighted by Gasteiger charge is -2.00. The van der Waals surface area contributed by atoms with Crippen molar-refractivity contribution in [1.82, 2.24) is 0 Å². The van der Waals surface area contributed by atoms with E-state index < -0.39 is 5.97 Å². The first kappa shape index (κ1) is 35.4. The molecule has 0 aliphatic heterocycles. The molecule has 0 heterocycles. The van der Waals surface area contributed by atoms with E-state index in [1.165, 1.54) is 44.9 Å². The van der Waals surface area contributed by atoms with E-state index in [2.05, 4.69) is 104 Å². The Hall–Kier alpha value is -2.61. The molecule has 0 saturated heterocycles. The Bertz CT molecular complexity index is 743. The predicted octanol–water partition coefficient (Wildman–Crippen LogP) is 11.6. The van der Waals surface area contributed by atoms with Crippen molar-refractivity contribution in [1.29, 1.82) is 0 Å². The number of hydrogen-bond acceptors (Lipinski definition) is 1. The van der Waals surface area contributed by atoms with E-state index in [0.717, 1.165) is 64.2 Å². The molecule has 2 nitrogen and oxygen atoms in total. The van der Waals surface area contributed by atoms with Gasteiger partial charge in [0.25, 0.3) is 0 Å². The molecule has 0 unspecified atom stereocenters. The van der Waals surface area contributed by atoms with Gasteiger partial charge in [-0.1, -0.05) is 143 Å². The maximum absolute atomic E-state index is 10.5. The Morgan fingerprint density at radius 3 is 1.05 bits per heavy atom. The number of rotatable bonds is 26. The van der Waals surface area contributed by atoms with Gasteiger partial charge in [0.15, 0.2) is 0 Å². The van der Waals surface area contributed by atoms with Crippen LogP contribution in [0.2, 0.25) is 0 Å². The van der Waals surface area contributed by atoms with Crippen molar-refractivity contribution in [3.8, 4) is 0 Å². The number of carbonyl (C=O) groups is 1. The number of unbranched alkanes of at least 4 members (excludes halogenated alkanes) is 8. The molecular formula is C36H56O2. The molecule has 212 valence electrons. The number of hydrogen-bond donors (Lipinski definition) is 1. The van der Waals surface area contributed by atoms with Crippen LogP contribution in [0.15, 0.2) is 97.2 Å². The minimum absolute atomic E-state index is 0.323. The van der Waals surface area contributed by atoms with Crippen molar-refractivity contribution in [3.05, 3.63) is 97.2 Å². The van der Waals surface area contributed by atoms with Crippen LogP contribution in [0.5, 0.6) is 0 Å². The zero-order valence-electron chi connectivity index (χ0n) is 24.3. The Morgan fingerprint density at radius 1 is 0.421 bits per heavy atom. The van der Waals surface area contributed by atoms with Gasteiger partial charge < -0.3 is 5.11 Å². The van der Waals surface area contributed by atoms with Gasteiger partial charge >= 0.3 is 5.97 Å². The van der Waals surface area contributed by atoms with Crippen LogP contribution >= 0.6 is 0 Å². The van der Waals surface area contributed by atoms with Crippen LogP contribution in [0.3, 0.4) is 0 Å². The van der Waals surface area contributed by atoms with E-state index in [9.17, 15) is 4.79 Å². The lowest BCUT2D eigenvalue weighted by molar-refractivity contribution is -0.137. The third kappa shape index (κ3) is 33.4. The molecule has 38 heavy (non-hydrogen) atoms. The van der Waals surface area contributed by atoms with Crippen LogP contribution in [0.25, 0.3) is 0 Å². The van der Waals surface area contributed by atoms with Gasteiger partial charge in [0.05, 0.1) is 0 Å². The van der Waals surface area contributed by atoms with Crippen LogP contribution in [0.4, 0.5) is 0 Å². The first-order valence-electron chi connectivity index (χ1n) is 15.2. The number of carboxylic acid groups (broad SMARTS) is 1. The molecule has 0 fully saturated rings. The predicted molar refractivity (Wildman–Crippen MR) is 170 cm³/mol. The van der Waals surface area contributed by atoms with Gasteiger partial charge in [-0.3, -0.25) is 4.79 Å². The van der Waals surface area contributed by atoms with Crippen LogP contribution < -0.4 is 0 Å². The monoisotopic (exact) mass is 520 g/mol. The summed E-state index contributed by atoms with van der Waals surface area (Å²) in [6, 6.07) is 0. The lowest BCUT2D eigenvalue weighted by atomic mass is 10.1. The van der Waals surface area contributed by atoms with Crippen molar-refractivity contribution in [2.45, 2.75) is 122 Å². The van der Waals surface area contributed by atoms with E-state index in [1.807, 2.05) is 0 Å². The summed E-state index contributed by atoms with van der Waals surface area (Å²) in [5, 5.41) is 8.61. The lowest BCUT2D eigenvalue weighted by Crippen LogP contribution is -1.93. The fraction of sp³-hybridized carbons (Fsp3) is 0.528. The third-order valence-corrected chi connectivity index (χ3v) is 5.99. The molecule has 0 aromatic carbocycles. The first-order chi connectivity index (χ1) is 18.8. The average Bonchev–Trinajstić information content (AvgIpc) is 2.91. The van der Waals surface area contributed by atoms with Crippen LogP contribution in [0.1, 0.15) is 122 Å². The zero-order valence-corrected chi connectivity index (χ0v) is 24.3. The highest BCUT2D eigenvalue weighted by atomic mass is 16.4. The van der Waals surface area contributed by atoms with Crippen molar-refractivity contribution in [2.24, 2.45) is 0 Å². The van der Waals surface area contributed by atoms with Crippen molar-refractivity contribution < 1.29 is 9.90 Å². The second-order valence-corrected chi connectivity index (χ2v) is 9.59. The highest BCUT2D eigenvalue weighted by molar-refractivity contribution is 5.66. The fourth-order valence-electron chi connectivity index (χ4n) is 3.78. The molecule has 0 spiro atoms. The zero-order chi connectivity index (χ0) is 27.6. The highest BCUT2D eigenvalue weighted by Crippen LogP contribution is 2.11. The summed E-state index contributed by atoms with van der Waals surface area (Å²) in [6.45, 7) is 2.16. The molecule has 0 bridgehead atoms. The molecule has 0 rings (SSSR count). The second kappa shape index (κ2) is 32.4.